The fourth-order valence-corrected chi connectivity index (χ4v) is 2.24. The van der Waals surface area contributed by atoms with Crippen LogP contribution in [0.15, 0.2) is 36.4 Å². The highest BCUT2D eigenvalue weighted by Gasteiger charge is 2.12. The van der Waals surface area contributed by atoms with Gasteiger partial charge in [-0.25, -0.2) is 0 Å². The van der Waals surface area contributed by atoms with E-state index in [1.807, 2.05) is 38.1 Å². The van der Waals surface area contributed by atoms with Gasteiger partial charge in [-0.05, 0) is 38.3 Å². The lowest BCUT2D eigenvalue weighted by Gasteiger charge is -2.16. The van der Waals surface area contributed by atoms with Crippen LogP contribution >= 0.6 is 0 Å². The summed E-state index contributed by atoms with van der Waals surface area (Å²) in [7, 11) is 0. The number of aliphatic hydroxyl groups excluding tert-OH is 1. The monoisotopic (exact) mass is 302 g/mol. The molecule has 2 aromatic rings. The Balaban J connectivity index is 2.15. The van der Waals surface area contributed by atoms with Crippen molar-refractivity contribution < 1.29 is 19.4 Å². The number of ketones is 1. The molecule has 0 saturated carbocycles. The fourth-order valence-electron chi connectivity index (χ4n) is 2.24. The molecule has 0 saturated heterocycles. The van der Waals surface area contributed by atoms with Crippen molar-refractivity contribution in [3.63, 3.8) is 0 Å². The van der Waals surface area contributed by atoms with Gasteiger partial charge >= 0.3 is 0 Å². The van der Waals surface area contributed by atoms with Crippen LogP contribution < -0.4 is 4.74 Å². The Hall–Kier alpha value is -1.91. The maximum Gasteiger partial charge on any atom is 0.160 e. The molecule has 0 heterocycles. The summed E-state index contributed by atoms with van der Waals surface area (Å²) in [4.78, 5) is 11.7. The molecule has 1 N–H and O–H groups in total. The molecule has 0 aliphatic heterocycles. The predicted octanol–water partition coefficient (Wildman–Crippen LogP) is 3.21. The second-order valence-corrected chi connectivity index (χ2v) is 5.56. The van der Waals surface area contributed by atoms with Gasteiger partial charge in [0, 0.05) is 10.9 Å². The number of rotatable bonds is 7. The third-order valence-electron chi connectivity index (χ3n) is 3.32. The molecule has 0 radical (unpaired) electrons. The summed E-state index contributed by atoms with van der Waals surface area (Å²) in [6.45, 7) is 5.77. The van der Waals surface area contributed by atoms with E-state index < -0.39 is 6.10 Å². The van der Waals surface area contributed by atoms with Gasteiger partial charge in [0.1, 0.15) is 18.5 Å². The summed E-state index contributed by atoms with van der Waals surface area (Å²) in [5.74, 6) is 0.678. The van der Waals surface area contributed by atoms with Crippen molar-refractivity contribution in [2.45, 2.75) is 33.0 Å². The number of carbonyl (C=O) groups excluding carboxylic acids is 1. The van der Waals surface area contributed by atoms with E-state index in [2.05, 4.69) is 0 Å². The summed E-state index contributed by atoms with van der Waals surface area (Å²) in [6.07, 6.45) is -0.612. The average Bonchev–Trinajstić information content (AvgIpc) is 2.50. The number of fused-ring (bicyclic) bond motifs is 1. The van der Waals surface area contributed by atoms with Crippen molar-refractivity contribution in [1.82, 2.24) is 0 Å². The zero-order chi connectivity index (χ0) is 16.1. The highest BCUT2D eigenvalue weighted by atomic mass is 16.5. The van der Waals surface area contributed by atoms with Crippen LogP contribution in [0.1, 0.15) is 31.1 Å². The van der Waals surface area contributed by atoms with Gasteiger partial charge in [0.15, 0.2) is 5.78 Å². The fraction of sp³-hybridized carbons (Fsp3) is 0.389. The van der Waals surface area contributed by atoms with Gasteiger partial charge in [0.25, 0.3) is 0 Å². The summed E-state index contributed by atoms with van der Waals surface area (Å²) < 4.78 is 11.1. The number of hydrogen-bond donors (Lipinski definition) is 1. The van der Waals surface area contributed by atoms with E-state index in [1.165, 1.54) is 0 Å². The Labute approximate surface area is 130 Å². The SMILES string of the molecule is CC(=O)c1ccc(OC[C@@H](O)COC(C)C)c2ccccc12. The number of aliphatic hydroxyl groups is 1. The zero-order valence-corrected chi connectivity index (χ0v) is 13.2. The van der Waals surface area contributed by atoms with E-state index in [-0.39, 0.29) is 25.1 Å². The van der Waals surface area contributed by atoms with E-state index in [0.717, 1.165) is 10.8 Å². The molecule has 4 heteroatoms. The molecule has 118 valence electrons. The summed E-state index contributed by atoms with van der Waals surface area (Å²) in [5, 5.41) is 11.6. The second kappa shape index (κ2) is 7.38. The minimum Gasteiger partial charge on any atom is -0.490 e. The van der Waals surface area contributed by atoms with E-state index in [4.69, 9.17) is 9.47 Å². The van der Waals surface area contributed by atoms with Crippen LogP contribution in [0, 0.1) is 0 Å². The second-order valence-electron chi connectivity index (χ2n) is 5.56. The van der Waals surface area contributed by atoms with Crippen LogP contribution in [0.4, 0.5) is 0 Å². The Kier molecular flexibility index (Phi) is 5.52. The minimum atomic E-state index is -0.686. The Bertz CT molecular complexity index is 649. The molecule has 4 nitrogen and oxygen atoms in total. The van der Waals surface area contributed by atoms with Gasteiger partial charge in [0.2, 0.25) is 0 Å². The van der Waals surface area contributed by atoms with Crippen LogP contribution in [0.25, 0.3) is 10.8 Å². The van der Waals surface area contributed by atoms with Gasteiger partial charge in [-0.2, -0.15) is 0 Å². The number of carbonyl (C=O) groups is 1. The zero-order valence-electron chi connectivity index (χ0n) is 13.2. The van der Waals surface area contributed by atoms with E-state index in [0.29, 0.717) is 11.3 Å². The molecule has 0 bridgehead atoms. The number of hydrogen-bond acceptors (Lipinski definition) is 4. The molecule has 0 fully saturated rings. The quantitative estimate of drug-likeness (QED) is 0.798. The van der Waals surface area contributed by atoms with Crippen molar-refractivity contribution in [2.75, 3.05) is 13.2 Å². The first kappa shape index (κ1) is 16.5. The first-order valence-corrected chi connectivity index (χ1v) is 7.44. The molecule has 0 aromatic heterocycles. The first-order valence-electron chi connectivity index (χ1n) is 7.44. The highest BCUT2D eigenvalue weighted by molar-refractivity contribution is 6.08. The van der Waals surface area contributed by atoms with Gasteiger partial charge in [0.05, 0.1) is 12.7 Å². The van der Waals surface area contributed by atoms with Crippen LogP contribution in [0.2, 0.25) is 0 Å². The maximum atomic E-state index is 11.7. The standard InChI is InChI=1S/C18H22O4/c1-12(2)21-10-14(20)11-22-18-9-8-15(13(3)19)16-6-4-5-7-17(16)18/h4-9,12,14,20H,10-11H2,1-3H3/t14-/m0/s1. The Morgan fingerprint density at radius 3 is 2.41 bits per heavy atom. The third kappa shape index (κ3) is 4.06. The van der Waals surface area contributed by atoms with Crippen LogP contribution in [-0.2, 0) is 4.74 Å². The molecule has 0 amide bonds. The third-order valence-corrected chi connectivity index (χ3v) is 3.32. The lowest BCUT2D eigenvalue weighted by molar-refractivity contribution is -0.0120. The molecular formula is C18H22O4. The average molecular weight is 302 g/mol. The molecule has 0 aliphatic rings. The molecule has 1 atom stereocenters. The Morgan fingerprint density at radius 2 is 1.77 bits per heavy atom. The molecule has 22 heavy (non-hydrogen) atoms. The molecule has 0 unspecified atom stereocenters. The van der Waals surface area contributed by atoms with E-state index in [9.17, 15) is 9.90 Å². The van der Waals surface area contributed by atoms with E-state index in [1.54, 1.807) is 19.1 Å². The summed E-state index contributed by atoms with van der Waals surface area (Å²) in [6, 6.07) is 11.1. The first-order chi connectivity index (χ1) is 10.5. The smallest absolute Gasteiger partial charge is 0.160 e. The van der Waals surface area contributed by atoms with Crippen molar-refractivity contribution in [3.05, 3.63) is 42.0 Å². The van der Waals surface area contributed by atoms with E-state index >= 15 is 0 Å². The predicted molar refractivity (Wildman–Crippen MR) is 86.5 cm³/mol. The van der Waals surface area contributed by atoms with Gasteiger partial charge in [-0.3, -0.25) is 4.79 Å². The van der Waals surface area contributed by atoms with Gasteiger partial charge in [-0.15, -0.1) is 0 Å². The normalized spacial score (nSPS) is 12.6. The summed E-state index contributed by atoms with van der Waals surface area (Å²) in [5.41, 5.74) is 0.673. The van der Waals surface area contributed by atoms with Crippen molar-refractivity contribution in [1.29, 1.82) is 0 Å². The minimum absolute atomic E-state index is 0.0214. The maximum absolute atomic E-state index is 11.7. The number of Topliss-reactive ketones (excluding diaryl/α,β-unsaturated/α-hetero) is 1. The molecule has 2 rings (SSSR count). The molecule has 2 aromatic carbocycles. The Morgan fingerprint density at radius 1 is 1.09 bits per heavy atom. The van der Waals surface area contributed by atoms with Crippen molar-refractivity contribution >= 4 is 16.6 Å². The van der Waals surface area contributed by atoms with Gasteiger partial charge < -0.3 is 14.6 Å². The number of benzene rings is 2. The van der Waals surface area contributed by atoms with Crippen LogP contribution in [-0.4, -0.2) is 36.3 Å². The number of ether oxygens (including phenoxy) is 2. The molecular weight excluding hydrogens is 280 g/mol. The van der Waals surface area contributed by atoms with Crippen molar-refractivity contribution in [3.8, 4) is 5.75 Å². The largest absolute Gasteiger partial charge is 0.490 e. The van der Waals surface area contributed by atoms with Crippen LogP contribution in [0.3, 0.4) is 0 Å². The van der Waals surface area contributed by atoms with Crippen molar-refractivity contribution in [2.24, 2.45) is 0 Å². The van der Waals surface area contributed by atoms with Gasteiger partial charge in [-0.1, -0.05) is 24.3 Å². The lowest BCUT2D eigenvalue weighted by atomic mass is 10.0. The lowest BCUT2D eigenvalue weighted by Crippen LogP contribution is -2.25. The topological polar surface area (TPSA) is 55.8 Å². The molecule has 0 aliphatic carbocycles. The summed E-state index contributed by atoms with van der Waals surface area (Å²) >= 11 is 0. The van der Waals surface area contributed by atoms with Crippen LogP contribution in [0.5, 0.6) is 5.75 Å². The highest BCUT2D eigenvalue weighted by Crippen LogP contribution is 2.29. The molecule has 0 spiro atoms.